The van der Waals surface area contributed by atoms with E-state index in [0.29, 0.717) is 17.1 Å². The van der Waals surface area contributed by atoms with E-state index in [1.807, 2.05) is 0 Å². The van der Waals surface area contributed by atoms with E-state index in [0.717, 1.165) is 32.5 Å². The third-order valence-electron chi connectivity index (χ3n) is 4.00. The Morgan fingerprint density at radius 1 is 1.47 bits per heavy atom. The summed E-state index contributed by atoms with van der Waals surface area (Å²) in [6.45, 7) is 7.93. The first-order chi connectivity index (χ1) is 9.04. The first-order valence-electron chi connectivity index (χ1n) is 6.94. The second kappa shape index (κ2) is 6.21. The number of hydrogen-bond donors (Lipinski definition) is 1. The lowest BCUT2D eigenvalue weighted by Crippen LogP contribution is -2.48. The van der Waals surface area contributed by atoms with Crippen LogP contribution in [-0.4, -0.2) is 30.1 Å². The summed E-state index contributed by atoms with van der Waals surface area (Å²) in [6.07, 6.45) is 2.15. The fraction of sp³-hybridized carbons (Fsp3) is 0.600. The van der Waals surface area contributed by atoms with Crippen molar-refractivity contribution < 1.29 is 4.39 Å². The van der Waals surface area contributed by atoms with E-state index in [1.165, 1.54) is 6.07 Å². The van der Waals surface area contributed by atoms with Gasteiger partial charge in [0.2, 0.25) is 0 Å². The van der Waals surface area contributed by atoms with Gasteiger partial charge in [-0.3, -0.25) is 4.90 Å². The largest absolute Gasteiger partial charge is 0.310 e. The van der Waals surface area contributed by atoms with Crippen LogP contribution in [0.15, 0.2) is 18.2 Å². The minimum atomic E-state index is -0.206. The molecule has 19 heavy (non-hydrogen) atoms. The lowest BCUT2D eigenvalue weighted by molar-refractivity contribution is 0.206. The Bertz CT molecular complexity index is 418. The zero-order valence-electron chi connectivity index (χ0n) is 11.7. The van der Waals surface area contributed by atoms with Crippen molar-refractivity contribution in [1.82, 2.24) is 10.2 Å². The number of rotatable bonds is 3. The van der Waals surface area contributed by atoms with Crippen LogP contribution in [0.1, 0.15) is 32.3 Å². The predicted octanol–water partition coefficient (Wildman–Crippen LogP) is 3.44. The highest BCUT2D eigenvalue weighted by Crippen LogP contribution is 2.23. The third-order valence-corrected chi connectivity index (χ3v) is 4.35. The normalized spacial score (nSPS) is 25.3. The lowest BCUT2D eigenvalue weighted by Gasteiger charge is -2.32. The molecule has 0 saturated carbocycles. The number of hydrogen-bond acceptors (Lipinski definition) is 2. The molecular weight excluding hydrogens is 263 g/mol. The van der Waals surface area contributed by atoms with Gasteiger partial charge in [0, 0.05) is 29.2 Å². The van der Waals surface area contributed by atoms with Crippen molar-refractivity contribution in [2.24, 2.45) is 0 Å². The highest BCUT2D eigenvalue weighted by molar-refractivity contribution is 6.31. The quantitative estimate of drug-likeness (QED) is 0.915. The van der Waals surface area contributed by atoms with Crippen molar-refractivity contribution in [3.8, 4) is 0 Å². The fourth-order valence-corrected chi connectivity index (χ4v) is 2.82. The molecule has 1 saturated heterocycles. The summed E-state index contributed by atoms with van der Waals surface area (Å²) in [5.74, 6) is -0.206. The van der Waals surface area contributed by atoms with Crippen LogP contribution in [0.3, 0.4) is 0 Å². The van der Waals surface area contributed by atoms with E-state index >= 15 is 0 Å². The fourth-order valence-electron chi connectivity index (χ4n) is 2.60. The first-order valence-corrected chi connectivity index (χ1v) is 7.32. The van der Waals surface area contributed by atoms with Crippen molar-refractivity contribution in [2.75, 3.05) is 19.6 Å². The van der Waals surface area contributed by atoms with Crippen LogP contribution in [0.2, 0.25) is 5.02 Å². The third kappa shape index (κ3) is 3.68. The number of nitrogens with zero attached hydrogens (tertiary/aromatic N) is 1. The molecule has 0 spiro atoms. The lowest BCUT2D eigenvalue weighted by atomic mass is 9.98. The van der Waals surface area contributed by atoms with E-state index in [-0.39, 0.29) is 11.4 Å². The Hall–Kier alpha value is -0.640. The van der Waals surface area contributed by atoms with Gasteiger partial charge < -0.3 is 5.32 Å². The molecule has 2 nitrogen and oxygen atoms in total. The highest BCUT2D eigenvalue weighted by atomic mass is 35.5. The van der Waals surface area contributed by atoms with Gasteiger partial charge in [0.05, 0.1) is 0 Å². The summed E-state index contributed by atoms with van der Waals surface area (Å²) >= 11 is 6.11. The maximum Gasteiger partial charge on any atom is 0.129 e. The standard InChI is InChI=1S/C15H22ClFN2/c1-3-15(2)11-19(9-5-8-18-15)10-12-13(16)6-4-7-14(12)17/h4,6-7,18H,3,5,8-11H2,1-2H3. The summed E-state index contributed by atoms with van der Waals surface area (Å²) in [5.41, 5.74) is 0.721. The Morgan fingerprint density at radius 2 is 2.26 bits per heavy atom. The molecule has 1 N–H and O–H groups in total. The first kappa shape index (κ1) is 14.8. The minimum Gasteiger partial charge on any atom is -0.310 e. The molecule has 0 radical (unpaired) electrons. The smallest absolute Gasteiger partial charge is 0.129 e. The van der Waals surface area contributed by atoms with Crippen LogP contribution in [0.4, 0.5) is 4.39 Å². The summed E-state index contributed by atoms with van der Waals surface area (Å²) in [4.78, 5) is 2.30. The van der Waals surface area contributed by atoms with Gasteiger partial charge in [-0.1, -0.05) is 24.6 Å². The van der Waals surface area contributed by atoms with Gasteiger partial charge in [-0.15, -0.1) is 0 Å². The Morgan fingerprint density at radius 3 is 2.95 bits per heavy atom. The summed E-state index contributed by atoms with van der Waals surface area (Å²) < 4.78 is 13.9. The Balaban J connectivity index is 2.13. The molecular formula is C15H22ClFN2. The molecule has 0 amide bonds. The maximum absolute atomic E-state index is 13.9. The predicted molar refractivity (Wildman–Crippen MR) is 78.0 cm³/mol. The minimum absolute atomic E-state index is 0.105. The molecule has 1 heterocycles. The van der Waals surface area contributed by atoms with E-state index in [1.54, 1.807) is 12.1 Å². The zero-order valence-corrected chi connectivity index (χ0v) is 12.4. The second-order valence-electron chi connectivity index (χ2n) is 5.61. The van der Waals surface area contributed by atoms with Gasteiger partial charge in [-0.25, -0.2) is 4.39 Å². The summed E-state index contributed by atoms with van der Waals surface area (Å²) in [6, 6.07) is 4.90. The van der Waals surface area contributed by atoms with Gasteiger partial charge in [-0.2, -0.15) is 0 Å². The Labute approximate surface area is 119 Å². The van der Waals surface area contributed by atoms with Gasteiger partial charge >= 0.3 is 0 Å². The van der Waals surface area contributed by atoms with Crippen molar-refractivity contribution in [3.63, 3.8) is 0 Å². The number of halogens is 2. The molecule has 0 bridgehead atoms. The van der Waals surface area contributed by atoms with Gasteiger partial charge in [0.1, 0.15) is 5.82 Å². The van der Waals surface area contributed by atoms with Gasteiger partial charge in [0.15, 0.2) is 0 Å². The molecule has 4 heteroatoms. The zero-order chi connectivity index (χ0) is 13.9. The monoisotopic (exact) mass is 284 g/mol. The summed E-state index contributed by atoms with van der Waals surface area (Å²) in [5, 5.41) is 4.11. The van der Waals surface area contributed by atoms with Crippen LogP contribution in [0.5, 0.6) is 0 Å². The second-order valence-corrected chi connectivity index (χ2v) is 6.01. The molecule has 1 atom stereocenters. The maximum atomic E-state index is 13.9. The van der Waals surface area contributed by atoms with E-state index in [4.69, 9.17) is 11.6 Å². The van der Waals surface area contributed by atoms with Crippen LogP contribution < -0.4 is 5.32 Å². The number of nitrogens with one attached hydrogen (secondary N) is 1. The van der Waals surface area contributed by atoms with E-state index in [9.17, 15) is 4.39 Å². The molecule has 1 unspecified atom stereocenters. The summed E-state index contributed by atoms with van der Waals surface area (Å²) in [7, 11) is 0. The van der Waals surface area contributed by atoms with Crippen LogP contribution in [-0.2, 0) is 6.54 Å². The van der Waals surface area contributed by atoms with E-state index in [2.05, 4.69) is 24.1 Å². The average molecular weight is 285 g/mol. The van der Waals surface area contributed by atoms with Crippen LogP contribution in [0.25, 0.3) is 0 Å². The highest BCUT2D eigenvalue weighted by Gasteiger charge is 2.27. The van der Waals surface area contributed by atoms with Gasteiger partial charge in [-0.05, 0) is 45.0 Å². The van der Waals surface area contributed by atoms with Crippen molar-refractivity contribution >= 4 is 11.6 Å². The molecule has 0 aromatic heterocycles. The molecule has 1 aromatic carbocycles. The average Bonchev–Trinajstić information content (AvgIpc) is 2.57. The SMILES string of the molecule is CCC1(C)CN(Cc2c(F)cccc2Cl)CCCN1. The molecule has 1 aliphatic heterocycles. The number of benzene rings is 1. The van der Waals surface area contributed by atoms with E-state index < -0.39 is 0 Å². The molecule has 1 fully saturated rings. The van der Waals surface area contributed by atoms with Crippen molar-refractivity contribution in [3.05, 3.63) is 34.6 Å². The van der Waals surface area contributed by atoms with Crippen LogP contribution in [0, 0.1) is 5.82 Å². The molecule has 0 aliphatic carbocycles. The van der Waals surface area contributed by atoms with Crippen molar-refractivity contribution in [2.45, 2.75) is 38.8 Å². The van der Waals surface area contributed by atoms with Crippen LogP contribution >= 0.6 is 11.6 Å². The van der Waals surface area contributed by atoms with Crippen molar-refractivity contribution in [1.29, 1.82) is 0 Å². The molecule has 1 aromatic rings. The molecule has 1 aliphatic rings. The molecule has 106 valence electrons. The van der Waals surface area contributed by atoms with Gasteiger partial charge in [0.25, 0.3) is 0 Å². The molecule has 2 rings (SSSR count). The topological polar surface area (TPSA) is 15.3 Å². The Kier molecular flexibility index (Phi) is 4.82.